The first kappa shape index (κ1) is 15.2. The molecule has 0 saturated heterocycles. The minimum atomic E-state index is -1.64. The van der Waals surface area contributed by atoms with E-state index in [4.69, 9.17) is 46.4 Å². The predicted octanol–water partition coefficient (Wildman–Crippen LogP) is -2.42. The van der Waals surface area contributed by atoms with Crippen LogP contribution in [0.15, 0.2) is 0 Å². The van der Waals surface area contributed by atoms with Gasteiger partial charge in [0.05, 0.1) is 0 Å². The first-order chi connectivity index (χ1) is 5.91. The molecule has 0 aliphatic rings. The predicted molar refractivity (Wildman–Crippen MR) is 91.3 cm³/mol. The molecule has 13 heteroatoms. The van der Waals surface area contributed by atoms with Crippen LogP contribution in [0.2, 0.25) is 0 Å². The van der Waals surface area contributed by atoms with Crippen molar-refractivity contribution in [3.05, 3.63) is 0 Å². The summed E-state index contributed by atoms with van der Waals surface area (Å²) in [6.45, 7) is 0. The topological polar surface area (TPSA) is 0 Å². The molecular formula is B11I2. The van der Waals surface area contributed by atoms with Crippen molar-refractivity contribution >= 4 is 109 Å². The van der Waals surface area contributed by atoms with Crippen LogP contribution in [0, 0.1) is 0 Å². The normalized spacial score (nSPS) is 10.1. The third-order valence-electron chi connectivity index (χ3n) is 1.40. The molecule has 13 radical (unpaired) electrons. The van der Waals surface area contributed by atoms with Crippen molar-refractivity contribution in [1.29, 1.82) is 0 Å². The SMILES string of the molecule is [B][B]B([B])I(I)B(B([B])[B])B([B])[B]. The summed E-state index contributed by atoms with van der Waals surface area (Å²) in [5, 5.41) is 0. The van der Waals surface area contributed by atoms with Crippen LogP contribution in [0.4, 0.5) is 0 Å². The van der Waals surface area contributed by atoms with Crippen molar-refractivity contribution in [3.8, 4) is 0 Å². The molecule has 0 rings (SSSR count). The van der Waals surface area contributed by atoms with E-state index in [1.165, 1.54) is 7.06 Å². The molecule has 0 bridgehead atoms. The molecule has 0 aliphatic carbocycles. The fourth-order valence-corrected chi connectivity index (χ4v) is 8.98. The summed E-state index contributed by atoms with van der Waals surface area (Å²) < 4.78 is -0.251. The molecule has 0 aromatic rings. The minimum absolute atomic E-state index is 0.0976. The maximum absolute atomic E-state index is 5.75. The summed E-state index contributed by atoms with van der Waals surface area (Å²) in [6.07, 6.45) is -1.04. The van der Waals surface area contributed by atoms with Gasteiger partial charge in [-0.15, -0.1) is 0 Å². The molecule has 0 N–H and O–H groups in total. The number of hydrogen-bond acceptors (Lipinski definition) is 0. The number of hydrogen-bond donors (Lipinski definition) is 0. The van der Waals surface area contributed by atoms with Gasteiger partial charge in [-0.1, -0.05) is 0 Å². The van der Waals surface area contributed by atoms with Crippen LogP contribution >= 0.6 is 34.0 Å². The van der Waals surface area contributed by atoms with Crippen molar-refractivity contribution < 1.29 is 0 Å². The van der Waals surface area contributed by atoms with Crippen molar-refractivity contribution in [2.24, 2.45) is 0 Å². The summed E-state index contributed by atoms with van der Waals surface area (Å²) in [7, 11) is 34.8. The monoisotopic (exact) mass is 375 g/mol. The summed E-state index contributed by atoms with van der Waals surface area (Å²) in [5.41, 5.74) is 0. The van der Waals surface area contributed by atoms with E-state index in [-0.39, 0.29) is 8.70 Å². The van der Waals surface area contributed by atoms with Gasteiger partial charge in [0.15, 0.2) is 0 Å². The Balaban J connectivity index is 4.36. The van der Waals surface area contributed by atoms with E-state index in [9.17, 15) is 0 Å². The molecule has 13 heavy (non-hydrogen) atoms. The van der Waals surface area contributed by atoms with Crippen LogP contribution in [0.3, 0.4) is 0 Å². The van der Waals surface area contributed by atoms with Gasteiger partial charge in [-0.2, -0.15) is 0 Å². The summed E-state index contributed by atoms with van der Waals surface area (Å²) >= 11 is 0.622. The Bertz CT molecular complexity index is 124. The van der Waals surface area contributed by atoms with Crippen LogP contribution in [-0.4, -0.2) is 75.0 Å². The van der Waals surface area contributed by atoms with Crippen molar-refractivity contribution in [2.75, 3.05) is 0 Å². The van der Waals surface area contributed by atoms with Crippen LogP contribution < -0.4 is 0 Å². The Kier molecular flexibility index (Phi) is 8.69. The third kappa shape index (κ3) is 5.16. The Hall–Kier alpha value is 2.17. The van der Waals surface area contributed by atoms with Gasteiger partial charge in [-0.25, -0.2) is 0 Å². The molecule has 0 unspecified atom stereocenters. The summed E-state index contributed by atoms with van der Waals surface area (Å²) in [4.78, 5) is 0. The van der Waals surface area contributed by atoms with Gasteiger partial charge in [0.25, 0.3) is 0 Å². The average Bonchev–Trinajstić information content (AvgIpc) is 2.01. The quantitative estimate of drug-likeness (QED) is 0.372. The summed E-state index contributed by atoms with van der Waals surface area (Å²) in [5.74, 6) is 0. The van der Waals surface area contributed by atoms with Crippen molar-refractivity contribution in [3.63, 3.8) is 0 Å². The molecule has 0 aromatic heterocycles. The molecule has 0 saturated carbocycles. The molecular weight excluding hydrogens is 373 g/mol. The molecule has 47 valence electrons. The zero-order valence-corrected chi connectivity index (χ0v) is 11.4. The molecule has 0 heterocycles. The van der Waals surface area contributed by atoms with Crippen LogP contribution in [0.5, 0.6) is 0 Å². The molecule has 0 spiro atoms. The van der Waals surface area contributed by atoms with Gasteiger partial charge in [0.1, 0.15) is 0 Å². The standard InChI is InChI=1S/B11I2/c1-7-10(6)13(12)11(8(2)3)9(4)5. The van der Waals surface area contributed by atoms with E-state index in [1.54, 1.807) is 0 Å². The molecule has 0 fully saturated rings. The van der Waals surface area contributed by atoms with Crippen LogP contribution in [-0.2, 0) is 0 Å². The molecule has 0 nitrogen and oxygen atoms in total. The number of halogens is 2. The number of rotatable bonds is 5. The average molecular weight is 373 g/mol. The van der Waals surface area contributed by atoms with Crippen molar-refractivity contribution in [2.45, 2.75) is 0 Å². The van der Waals surface area contributed by atoms with E-state index in [2.05, 4.69) is 18.6 Å². The van der Waals surface area contributed by atoms with Gasteiger partial charge in [-0.3, -0.25) is 0 Å². The van der Waals surface area contributed by atoms with Gasteiger partial charge in [-0.05, 0) is 0 Å². The second-order valence-corrected chi connectivity index (χ2v) is 13.4. The Morgan fingerprint density at radius 3 is 1.62 bits per heavy atom. The van der Waals surface area contributed by atoms with Crippen LogP contribution in [0.1, 0.15) is 0 Å². The first-order valence-corrected chi connectivity index (χ1v) is 12.4. The first-order valence-electron chi connectivity index (χ1n) is 3.58. The van der Waals surface area contributed by atoms with E-state index >= 15 is 0 Å². The van der Waals surface area contributed by atoms with E-state index in [0.717, 1.165) is 0 Å². The molecule has 0 amide bonds. The van der Waals surface area contributed by atoms with Gasteiger partial charge in [0.2, 0.25) is 0 Å². The Labute approximate surface area is 108 Å². The Morgan fingerprint density at radius 1 is 1.00 bits per heavy atom. The van der Waals surface area contributed by atoms with Gasteiger partial charge >= 0.3 is 109 Å². The van der Waals surface area contributed by atoms with Crippen LogP contribution in [0.25, 0.3) is 0 Å². The molecule has 0 aromatic carbocycles. The van der Waals surface area contributed by atoms with E-state index in [0.29, 0.717) is 0 Å². The zero-order chi connectivity index (χ0) is 10.6. The maximum atomic E-state index is 5.75. The third-order valence-corrected chi connectivity index (χ3v) is 13.5. The van der Waals surface area contributed by atoms with Crippen molar-refractivity contribution in [1.82, 2.24) is 0 Å². The van der Waals surface area contributed by atoms with E-state index in [1.807, 2.05) is 0 Å². The summed E-state index contributed by atoms with van der Waals surface area (Å²) in [6, 6.07) is 0. The van der Waals surface area contributed by atoms with Gasteiger partial charge < -0.3 is 0 Å². The fraction of sp³-hybridized carbons (Fsp3) is 0. The van der Waals surface area contributed by atoms with Gasteiger partial charge in [0, 0.05) is 0 Å². The Morgan fingerprint density at radius 2 is 1.38 bits per heavy atom. The second-order valence-electron chi connectivity index (χ2n) is 2.53. The van der Waals surface area contributed by atoms with E-state index < -0.39 is 28.2 Å². The molecule has 0 atom stereocenters. The second kappa shape index (κ2) is 7.45. The fourth-order valence-electron chi connectivity index (χ4n) is 0.772. The zero-order valence-electron chi connectivity index (χ0n) is 7.11. The molecule has 0 aliphatic heterocycles.